The fourth-order valence-electron chi connectivity index (χ4n) is 2.41. The van der Waals surface area contributed by atoms with Gasteiger partial charge in [-0.25, -0.2) is 4.57 Å². The van der Waals surface area contributed by atoms with Crippen LogP contribution >= 0.6 is 29.9 Å². The first-order chi connectivity index (χ1) is 13.0. The van der Waals surface area contributed by atoms with E-state index in [1.54, 1.807) is 7.05 Å². The lowest BCUT2D eigenvalue weighted by atomic mass is 9.91. The van der Waals surface area contributed by atoms with Crippen molar-refractivity contribution in [3.63, 3.8) is 0 Å². The third kappa shape index (κ3) is 11.0. The lowest BCUT2D eigenvalue weighted by Crippen LogP contribution is -2.39. The molecule has 1 fully saturated rings. The number of thioether (sulfide) groups is 1. The molecular formula is C18H37N2O5PS2. The number of carbonyl (C=O) groups is 1. The summed E-state index contributed by atoms with van der Waals surface area (Å²) in [5.41, 5.74) is -0.956. The normalized spacial score (nSPS) is 18.8. The Balaban J connectivity index is 2.39. The zero-order chi connectivity index (χ0) is 21.3. The highest BCUT2D eigenvalue weighted by Gasteiger charge is 2.32. The van der Waals surface area contributed by atoms with Crippen LogP contribution in [0.2, 0.25) is 0 Å². The van der Waals surface area contributed by atoms with Crippen molar-refractivity contribution in [3.05, 3.63) is 0 Å². The summed E-state index contributed by atoms with van der Waals surface area (Å²) in [5.74, 6) is 1.10. The van der Waals surface area contributed by atoms with Crippen LogP contribution in [0.5, 0.6) is 0 Å². The molecule has 0 aromatic heterocycles. The molecule has 0 aromatic carbocycles. The van der Waals surface area contributed by atoms with Gasteiger partial charge in [0.05, 0.1) is 18.8 Å². The van der Waals surface area contributed by atoms with E-state index in [4.69, 9.17) is 13.8 Å². The molecule has 1 atom stereocenters. The van der Waals surface area contributed by atoms with Gasteiger partial charge < -0.3 is 4.74 Å². The molecule has 0 spiro atoms. The van der Waals surface area contributed by atoms with Crippen LogP contribution in [0.3, 0.4) is 0 Å². The SMILES string of the molecule is CNCOP(=O)(OC(C)(C)C)SCCSC(=O)C(C)(C)CCN1CCOCC1. The average Bonchev–Trinajstić information content (AvgIpc) is 2.61. The van der Waals surface area contributed by atoms with E-state index in [0.717, 1.165) is 50.7 Å². The molecule has 0 radical (unpaired) electrons. The van der Waals surface area contributed by atoms with Gasteiger partial charge in [0.2, 0.25) is 0 Å². The molecule has 1 rings (SSSR count). The van der Waals surface area contributed by atoms with E-state index in [-0.39, 0.29) is 17.3 Å². The number of morpholine rings is 1. The number of hydrogen-bond acceptors (Lipinski definition) is 9. The van der Waals surface area contributed by atoms with E-state index in [9.17, 15) is 9.36 Å². The molecule has 1 aliphatic heterocycles. The smallest absolute Gasteiger partial charge is 0.379 e. The molecule has 0 aliphatic carbocycles. The summed E-state index contributed by atoms with van der Waals surface area (Å²) in [4.78, 5) is 15.0. The molecule has 28 heavy (non-hydrogen) atoms. The predicted molar refractivity (Wildman–Crippen MR) is 119 cm³/mol. The highest BCUT2D eigenvalue weighted by Crippen LogP contribution is 2.62. The molecule has 1 N–H and O–H groups in total. The lowest BCUT2D eigenvalue weighted by molar-refractivity contribution is -0.118. The third-order valence-electron chi connectivity index (χ3n) is 4.03. The highest BCUT2D eigenvalue weighted by atomic mass is 32.7. The van der Waals surface area contributed by atoms with Gasteiger partial charge in [-0.15, -0.1) is 0 Å². The van der Waals surface area contributed by atoms with E-state index in [2.05, 4.69) is 10.2 Å². The van der Waals surface area contributed by atoms with Gasteiger partial charge in [-0.05, 0) is 52.2 Å². The zero-order valence-electron chi connectivity index (χ0n) is 18.1. The number of hydrogen-bond donors (Lipinski definition) is 1. The molecule has 1 aliphatic rings. The summed E-state index contributed by atoms with van der Waals surface area (Å²) in [6, 6.07) is 0. The van der Waals surface area contributed by atoms with Crippen molar-refractivity contribution in [2.45, 2.75) is 46.6 Å². The van der Waals surface area contributed by atoms with Crippen molar-refractivity contribution in [1.29, 1.82) is 0 Å². The number of rotatable bonds is 12. The van der Waals surface area contributed by atoms with Gasteiger partial charge in [-0.3, -0.25) is 24.1 Å². The molecule has 10 heteroatoms. The minimum atomic E-state index is -3.28. The standard InChI is InChI=1S/C18H37N2O5PS2/c1-17(2,3)25-26(22,24-15-19-6)28-14-13-27-16(21)18(4,5)7-8-20-9-11-23-12-10-20/h19H,7-15H2,1-6H3. The van der Waals surface area contributed by atoms with Crippen LogP contribution in [0.1, 0.15) is 41.0 Å². The Morgan fingerprint density at radius 2 is 1.82 bits per heavy atom. The molecular weight excluding hydrogens is 419 g/mol. The Labute approximate surface area is 178 Å². The summed E-state index contributed by atoms with van der Waals surface area (Å²) in [7, 11) is 1.72. The Bertz CT molecular complexity index is 523. The van der Waals surface area contributed by atoms with Crippen molar-refractivity contribution in [1.82, 2.24) is 10.2 Å². The Morgan fingerprint density at radius 1 is 1.18 bits per heavy atom. The number of nitrogens with one attached hydrogen (secondary N) is 1. The molecule has 1 saturated heterocycles. The van der Waals surface area contributed by atoms with Crippen LogP contribution in [-0.2, 0) is 23.1 Å². The molecule has 166 valence electrons. The Morgan fingerprint density at radius 3 is 2.39 bits per heavy atom. The molecule has 0 aromatic rings. The molecule has 0 saturated carbocycles. The zero-order valence-corrected chi connectivity index (χ0v) is 20.6. The topological polar surface area (TPSA) is 77.1 Å². The second-order valence-corrected chi connectivity index (χ2v) is 13.5. The van der Waals surface area contributed by atoms with Gasteiger partial charge in [-0.2, -0.15) is 0 Å². The summed E-state index contributed by atoms with van der Waals surface area (Å²) < 4.78 is 29.3. The summed E-state index contributed by atoms with van der Waals surface area (Å²) in [5, 5.41) is 2.99. The molecule has 1 heterocycles. The highest BCUT2D eigenvalue weighted by molar-refractivity contribution is 8.55. The van der Waals surface area contributed by atoms with Crippen molar-refractivity contribution in [2.75, 3.05) is 58.1 Å². The van der Waals surface area contributed by atoms with Crippen LogP contribution in [0, 0.1) is 5.41 Å². The lowest BCUT2D eigenvalue weighted by Gasteiger charge is -2.30. The Hall–Kier alpha value is 0.400. The average molecular weight is 457 g/mol. The first-order valence-corrected chi connectivity index (χ1v) is 13.8. The van der Waals surface area contributed by atoms with Gasteiger partial charge >= 0.3 is 6.80 Å². The van der Waals surface area contributed by atoms with Gasteiger partial charge in [-0.1, -0.05) is 25.6 Å². The van der Waals surface area contributed by atoms with Gasteiger partial charge in [0.25, 0.3) is 0 Å². The monoisotopic (exact) mass is 456 g/mol. The summed E-state index contributed by atoms with van der Waals surface area (Å²) >= 11 is 2.46. The minimum Gasteiger partial charge on any atom is -0.379 e. The van der Waals surface area contributed by atoms with Crippen molar-refractivity contribution >= 4 is 35.1 Å². The Kier molecular flexibility index (Phi) is 11.6. The first-order valence-electron chi connectivity index (χ1n) is 9.69. The fraction of sp³-hybridized carbons (Fsp3) is 0.944. The second kappa shape index (κ2) is 12.3. The van der Waals surface area contributed by atoms with Gasteiger partial charge in [0, 0.05) is 30.0 Å². The van der Waals surface area contributed by atoms with Crippen LogP contribution in [0.15, 0.2) is 0 Å². The van der Waals surface area contributed by atoms with Gasteiger partial charge in [0.1, 0.15) is 6.73 Å². The van der Waals surface area contributed by atoms with E-state index >= 15 is 0 Å². The number of ether oxygens (including phenoxy) is 1. The number of nitrogens with zero attached hydrogens (tertiary/aromatic N) is 1. The number of carbonyl (C=O) groups excluding carboxylic acids is 1. The molecule has 1 unspecified atom stereocenters. The van der Waals surface area contributed by atoms with E-state index in [0.29, 0.717) is 11.5 Å². The minimum absolute atomic E-state index is 0.154. The largest absolute Gasteiger partial charge is 0.390 e. The van der Waals surface area contributed by atoms with Crippen LogP contribution < -0.4 is 5.32 Å². The molecule has 7 nitrogen and oxygen atoms in total. The predicted octanol–water partition coefficient (Wildman–Crippen LogP) is 3.84. The third-order valence-corrected chi connectivity index (χ3v) is 9.47. The summed E-state index contributed by atoms with van der Waals surface area (Å²) in [6.07, 6.45) is 0.822. The van der Waals surface area contributed by atoms with E-state index in [1.165, 1.54) is 11.8 Å². The van der Waals surface area contributed by atoms with Crippen molar-refractivity contribution in [2.24, 2.45) is 5.41 Å². The van der Waals surface area contributed by atoms with Crippen molar-refractivity contribution in [3.8, 4) is 0 Å². The quantitative estimate of drug-likeness (QED) is 0.268. The maximum atomic E-state index is 12.9. The second-order valence-electron chi connectivity index (χ2n) is 8.33. The maximum Gasteiger partial charge on any atom is 0.390 e. The maximum absolute atomic E-state index is 12.9. The van der Waals surface area contributed by atoms with E-state index < -0.39 is 12.4 Å². The summed E-state index contributed by atoms with van der Waals surface area (Å²) in [6.45, 7) is 10.7. The van der Waals surface area contributed by atoms with E-state index in [1.807, 2.05) is 34.6 Å². The van der Waals surface area contributed by atoms with Crippen LogP contribution in [-0.4, -0.2) is 73.7 Å². The van der Waals surface area contributed by atoms with Crippen LogP contribution in [0.25, 0.3) is 0 Å². The molecule has 0 amide bonds. The fourth-order valence-corrected chi connectivity index (χ4v) is 7.64. The van der Waals surface area contributed by atoms with Crippen LogP contribution in [0.4, 0.5) is 0 Å². The first kappa shape index (κ1) is 26.4. The molecule has 0 bridgehead atoms. The van der Waals surface area contributed by atoms with Crippen molar-refractivity contribution < 1.29 is 23.1 Å². The van der Waals surface area contributed by atoms with Gasteiger partial charge in [0.15, 0.2) is 5.12 Å².